The number of carboxylic acid groups (broad SMARTS) is 1. The van der Waals surface area contributed by atoms with Crippen molar-refractivity contribution in [2.45, 2.75) is 18.9 Å². The fraction of sp³-hybridized carbons (Fsp3) is 0.273. The largest absolute Gasteiger partial charge is 0.480 e. The van der Waals surface area contributed by atoms with Gasteiger partial charge < -0.3 is 10.4 Å². The molecule has 0 radical (unpaired) electrons. The van der Waals surface area contributed by atoms with Crippen LogP contribution in [0.5, 0.6) is 0 Å². The second kappa shape index (κ2) is 6.07. The summed E-state index contributed by atoms with van der Waals surface area (Å²) in [5.41, 5.74) is 0. The van der Waals surface area contributed by atoms with Crippen molar-refractivity contribution in [1.29, 1.82) is 0 Å². The first kappa shape index (κ1) is 12.4. The summed E-state index contributed by atoms with van der Waals surface area (Å²) in [6.07, 6.45) is 1.92. The Hall–Kier alpha value is -1.62. The molecule has 1 unspecified atom stereocenters. The van der Waals surface area contributed by atoms with Crippen LogP contribution in [0.15, 0.2) is 30.2 Å². The molecule has 0 aliphatic carbocycles. The normalized spacial score (nSPS) is 11.8. The molecule has 2 N–H and O–H groups in total. The van der Waals surface area contributed by atoms with E-state index in [4.69, 9.17) is 5.11 Å². The Labute approximate surface area is 97.6 Å². The van der Waals surface area contributed by atoms with E-state index in [9.17, 15) is 9.59 Å². The molecule has 0 aromatic carbocycles. The highest BCUT2D eigenvalue weighted by atomic mass is 32.1. The van der Waals surface area contributed by atoms with Crippen LogP contribution in [0.4, 0.5) is 0 Å². The summed E-state index contributed by atoms with van der Waals surface area (Å²) < 4.78 is 0. The van der Waals surface area contributed by atoms with E-state index in [1.54, 1.807) is 0 Å². The topological polar surface area (TPSA) is 66.4 Å². The molecule has 16 heavy (non-hydrogen) atoms. The van der Waals surface area contributed by atoms with Crippen molar-refractivity contribution in [3.8, 4) is 0 Å². The van der Waals surface area contributed by atoms with Gasteiger partial charge in [0, 0.05) is 4.88 Å². The van der Waals surface area contributed by atoms with Gasteiger partial charge in [0.25, 0.3) is 0 Å². The second-order valence-corrected chi connectivity index (χ2v) is 4.27. The van der Waals surface area contributed by atoms with Gasteiger partial charge in [-0.15, -0.1) is 17.9 Å². The van der Waals surface area contributed by atoms with Crippen LogP contribution in [0.3, 0.4) is 0 Å². The summed E-state index contributed by atoms with van der Waals surface area (Å²) in [5.74, 6) is -1.32. The molecule has 1 amide bonds. The number of rotatable bonds is 6. The number of carbonyl (C=O) groups is 2. The Balaban J connectivity index is 2.48. The fourth-order valence-corrected chi connectivity index (χ4v) is 1.91. The van der Waals surface area contributed by atoms with Crippen LogP contribution in [0.25, 0.3) is 0 Å². The third-order valence-electron chi connectivity index (χ3n) is 1.95. The van der Waals surface area contributed by atoms with Gasteiger partial charge in [0.1, 0.15) is 6.04 Å². The molecular weight excluding hydrogens is 226 g/mol. The van der Waals surface area contributed by atoms with Gasteiger partial charge in [0.05, 0.1) is 6.42 Å². The molecule has 0 saturated heterocycles. The highest BCUT2D eigenvalue weighted by Crippen LogP contribution is 2.09. The van der Waals surface area contributed by atoms with Gasteiger partial charge in [-0.25, -0.2) is 4.79 Å². The predicted molar refractivity (Wildman–Crippen MR) is 62.4 cm³/mol. The molecule has 0 saturated carbocycles. The number of carbonyl (C=O) groups excluding carboxylic acids is 1. The van der Waals surface area contributed by atoms with Crippen LogP contribution >= 0.6 is 11.3 Å². The van der Waals surface area contributed by atoms with E-state index in [1.807, 2.05) is 17.5 Å². The van der Waals surface area contributed by atoms with E-state index < -0.39 is 12.0 Å². The van der Waals surface area contributed by atoms with Gasteiger partial charge in [-0.3, -0.25) is 4.79 Å². The van der Waals surface area contributed by atoms with Crippen LogP contribution in [0.1, 0.15) is 11.3 Å². The lowest BCUT2D eigenvalue weighted by Crippen LogP contribution is -2.41. The van der Waals surface area contributed by atoms with E-state index in [1.165, 1.54) is 17.4 Å². The van der Waals surface area contributed by atoms with E-state index in [0.29, 0.717) is 0 Å². The minimum Gasteiger partial charge on any atom is -0.480 e. The standard InChI is InChI=1S/C11H13NO3S/c1-2-4-9(11(14)15)12-10(13)7-8-5-3-6-16-8/h2-3,5-6,9H,1,4,7H2,(H,12,13)(H,14,15). The third-order valence-corrected chi connectivity index (χ3v) is 2.83. The molecule has 0 aliphatic rings. The van der Waals surface area contributed by atoms with Gasteiger partial charge in [-0.05, 0) is 17.9 Å². The number of amides is 1. The average Bonchev–Trinajstić information content (AvgIpc) is 2.69. The van der Waals surface area contributed by atoms with Gasteiger partial charge in [0.2, 0.25) is 5.91 Å². The molecule has 86 valence electrons. The molecule has 5 heteroatoms. The molecule has 1 rings (SSSR count). The van der Waals surface area contributed by atoms with E-state index in [0.717, 1.165) is 4.88 Å². The molecule has 1 atom stereocenters. The molecule has 1 heterocycles. The number of carboxylic acids is 1. The van der Waals surface area contributed by atoms with Crippen LogP contribution in [-0.4, -0.2) is 23.0 Å². The van der Waals surface area contributed by atoms with E-state index in [2.05, 4.69) is 11.9 Å². The number of thiophene rings is 1. The first-order chi connectivity index (χ1) is 7.63. The predicted octanol–water partition coefficient (Wildman–Crippen LogP) is 1.44. The third kappa shape index (κ3) is 3.86. The highest BCUT2D eigenvalue weighted by Gasteiger charge is 2.18. The molecule has 1 aromatic rings. The molecule has 0 spiro atoms. The number of hydrogen-bond acceptors (Lipinski definition) is 3. The minimum atomic E-state index is -1.04. The van der Waals surface area contributed by atoms with Gasteiger partial charge in [-0.1, -0.05) is 12.1 Å². The molecule has 0 aliphatic heterocycles. The molecule has 1 aromatic heterocycles. The van der Waals surface area contributed by atoms with E-state index >= 15 is 0 Å². The zero-order chi connectivity index (χ0) is 12.0. The van der Waals surface area contributed by atoms with Gasteiger partial charge in [0.15, 0.2) is 0 Å². The van der Waals surface area contributed by atoms with Crippen molar-refractivity contribution in [2.75, 3.05) is 0 Å². The summed E-state index contributed by atoms with van der Waals surface area (Å²) in [5, 5.41) is 13.1. The molecule has 0 fully saturated rings. The lowest BCUT2D eigenvalue weighted by molar-refractivity contribution is -0.141. The number of hydrogen-bond donors (Lipinski definition) is 2. The molecule has 4 nitrogen and oxygen atoms in total. The highest BCUT2D eigenvalue weighted by molar-refractivity contribution is 7.10. The maximum absolute atomic E-state index is 11.5. The van der Waals surface area contributed by atoms with Gasteiger partial charge >= 0.3 is 5.97 Å². The monoisotopic (exact) mass is 239 g/mol. The van der Waals surface area contributed by atoms with Crippen LogP contribution < -0.4 is 5.32 Å². The number of aliphatic carboxylic acids is 1. The first-order valence-electron chi connectivity index (χ1n) is 4.79. The maximum atomic E-state index is 11.5. The minimum absolute atomic E-state index is 0.221. The quantitative estimate of drug-likeness (QED) is 0.738. The van der Waals surface area contributed by atoms with Crippen molar-refractivity contribution in [3.63, 3.8) is 0 Å². The summed E-state index contributed by atoms with van der Waals surface area (Å²) in [7, 11) is 0. The Morgan fingerprint density at radius 1 is 1.62 bits per heavy atom. The van der Waals surface area contributed by atoms with Crippen molar-refractivity contribution >= 4 is 23.2 Å². The zero-order valence-corrected chi connectivity index (χ0v) is 9.50. The zero-order valence-electron chi connectivity index (χ0n) is 8.68. The summed E-state index contributed by atoms with van der Waals surface area (Å²) in [4.78, 5) is 23.2. The van der Waals surface area contributed by atoms with Crippen LogP contribution in [0.2, 0.25) is 0 Å². The maximum Gasteiger partial charge on any atom is 0.326 e. The summed E-state index contributed by atoms with van der Waals surface area (Å²) in [6, 6.07) is 2.81. The number of nitrogens with one attached hydrogen (secondary N) is 1. The summed E-state index contributed by atoms with van der Waals surface area (Å²) in [6.45, 7) is 3.45. The Morgan fingerprint density at radius 2 is 2.38 bits per heavy atom. The Bertz CT molecular complexity index is 373. The SMILES string of the molecule is C=CCC(NC(=O)Cc1cccs1)C(=O)O. The van der Waals surface area contributed by atoms with Crippen molar-refractivity contribution in [2.24, 2.45) is 0 Å². The van der Waals surface area contributed by atoms with Gasteiger partial charge in [-0.2, -0.15) is 0 Å². The fourth-order valence-electron chi connectivity index (χ4n) is 1.20. The Kier molecular flexibility index (Phi) is 4.72. The van der Waals surface area contributed by atoms with Crippen LogP contribution in [0, 0.1) is 0 Å². The first-order valence-corrected chi connectivity index (χ1v) is 5.67. The van der Waals surface area contributed by atoms with Crippen molar-refractivity contribution in [3.05, 3.63) is 35.0 Å². The Morgan fingerprint density at radius 3 is 2.88 bits per heavy atom. The molecular formula is C11H13NO3S. The lowest BCUT2D eigenvalue weighted by Gasteiger charge is -2.11. The molecule has 0 bridgehead atoms. The second-order valence-electron chi connectivity index (χ2n) is 3.24. The smallest absolute Gasteiger partial charge is 0.326 e. The van der Waals surface area contributed by atoms with Crippen molar-refractivity contribution in [1.82, 2.24) is 5.32 Å². The summed E-state index contributed by atoms with van der Waals surface area (Å²) >= 11 is 1.47. The van der Waals surface area contributed by atoms with E-state index in [-0.39, 0.29) is 18.7 Å². The average molecular weight is 239 g/mol. The lowest BCUT2D eigenvalue weighted by atomic mass is 10.2. The van der Waals surface area contributed by atoms with Crippen molar-refractivity contribution < 1.29 is 14.7 Å². The van der Waals surface area contributed by atoms with Crippen LogP contribution in [-0.2, 0) is 16.0 Å².